The second-order valence-electron chi connectivity index (χ2n) is 8.24. The molecule has 0 aliphatic rings. The molecule has 4 aromatic carbocycles. The molecule has 0 radical (unpaired) electrons. The summed E-state index contributed by atoms with van der Waals surface area (Å²) < 4.78 is 32.0. The van der Waals surface area contributed by atoms with Crippen molar-refractivity contribution in [2.24, 2.45) is 0 Å². The fourth-order valence-corrected chi connectivity index (χ4v) is 4.93. The van der Waals surface area contributed by atoms with Gasteiger partial charge in [0.05, 0.1) is 16.1 Å². The van der Waals surface area contributed by atoms with Gasteiger partial charge in [0.25, 0.3) is 0 Å². The van der Waals surface area contributed by atoms with E-state index in [9.17, 15) is 8.42 Å². The first-order valence-corrected chi connectivity index (χ1v) is 12.7. The molecule has 6 heteroatoms. The lowest BCUT2D eigenvalue weighted by molar-refractivity contribution is 0.602. The number of aromatic nitrogens is 2. The first kappa shape index (κ1) is 20.4. The van der Waals surface area contributed by atoms with E-state index in [-0.39, 0.29) is 4.90 Å². The molecule has 6 aromatic rings. The monoisotopic (exact) mass is 464 g/mol. The molecule has 166 valence electrons. The van der Waals surface area contributed by atoms with Gasteiger partial charge in [-0.2, -0.15) is 4.98 Å². The van der Waals surface area contributed by atoms with Crippen molar-refractivity contribution in [2.75, 3.05) is 6.26 Å². The van der Waals surface area contributed by atoms with Crippen LogP contribution in [-0.4, -0.2) is 24.1 Å². The average molecular weight is 465 g/mol. The molecule has 0 aliphatic heterocycles. The summed E-state index contributed by atoms with van der Waals surface area (Å²) >= 11 is 0. The number of imidazole rings is 1. The Hall–Kier alpha value is -4.16. The molecule has 34 heavy (non-hydrogen) atoms. The van der Waals surface area contributed by atoms with Crippen molar-refractivity contribution >= 4 is 26.8 Å². The second-order valence-corrected chi connectivity index (χ2v) is 10.3. The van der Waals surface area contributed by atoms with E-state index in [4.69, 9.17) is 9.40 Å². The number of sulfone groups is 1. The number of nitrogens with zero attached hydrogens (tertiary/aromatic N) is 2. The van der Waals surface area contributed by atoms with E-state index >= 15 is 0 Å². The molecule has 0 N–H and O–H groups in total. The Kier molecular flexibility index (Phi) is 4.64. The lowest BCUT2D eigenvalue weighted by Crippen LogP contribution is -1.97. The minimum Gasteiger partial charge on any atom is -0.423 e. The first-order chi connectivity index (χ1) is 16.5. The smallest absolute Gasteiger partial charge is 0.307 e. The molecule has 0 atom stereocenters. The standard InChI is InChI=1S/C28H20N2O3S/c1-34(31,32)23-17-15-22(16-18-23)27-26(29-28-30(27)24-9-5-6-10-25(24)33-28)21-13-11-20(12-14-21)19-7-3-2-4-8-19/h2-18H,1H3. The lowest BCUT2D eigenvalue weighted by Gasteiger charge is -2.08. The van der Waals surface area contributed by atoms with Crippen LogP contribution in [0.4, 0.5) is 0 Å². The predicted octanol–water partition coefficient (Wildman–Crippen LogP) is 6.49. The van der Waals surface area contributed by atoms with Crippen LogP contribution in [0, 0.1) is 0 Å². The summed E-state index contributed by atoms with van der Waals surface area (Å²) in [4.78, 5) is 5.13. The molecule has 0 aliphatic carbocycles. The van der Waals surface area contributed by atoms with Crippen LogP contribution in [-0.2, 0) is 9.84 Å². The Morgan fingerprint density at radius 1 is 0.676 bits per heavy atom. The molecule has 0 spiro atoms. The second kappa shape index (κ2) is 7.71. The van der Waals surface area contributed by atoms with Gasteiger partial charge in [-0.3, -0.25) is 4.40 Å². The maximum Gasteiger partial charge on any atom is 0.307 e. The number of rotatable bonds is 4. The van der Waals surface area contributed by atoms with E-state index in [0.717, 1.165) is 44.7 Å². The van der Waals surface area contributed by atoms with Crippen LogP contribution in [0.5, 0.6) is 0 Å². The van der Waals surface area contributed by atoms with Gasteiger partial charge in [0, 0.05) is 17.4 Å². The Balaban J connectivity index is 1.56. The van der Waals surface area contributed by atoms with Crippen LogP contribution < -0.4 is 0 Å². The molecule has 0 saturated carbocycles. The Morgan fingerprint density at radius 3 is 1.97 bits per heavy atom. The fraction of sp³-hybridized carbons (Fsp3) is 0.0357. The van der Waals surface area contributed by atoms with Gasteiger partial charge in [0.15, 0.2) is 15.4 Å². The number of benzene rings is 4. The molecule has 2 aromatic heterocycles. The molecule has 0 fully saturated rings. The van der Waals surface area contributed by atoms with Crippen LogP contribution in [0.25, 0.3) is 50.6 Å². The van der Waals surface area contributed by atoms with Crippen LogP contribution in [0.15, 0.2) is 112 Å². The molecular formula is C28H20N2O3S. The van der Waals surface area contributed by atoms with Crippen molar-refractivity contribution < 1.29 is 12.8 Å². The average Bonchev–Trinajstić information content (AvgIpc) is 3.40. The topological polar surface area (TPSA) is 64.6 Å². The third-order valence-electron chi connectivity index (χ3n) is 5.98. The highest BCUT2D eigenvalue weighted by Crippen LogP contribution is 2.37. The quantitative estimate of drug-likeness (QED) is 0.299. The van der Waals surface area contributed by atoms with Crippen molar-refractivity contribution in [2.45, 2.75) is 4.90 Å². The Bertz CT molecular complexity index is 1750. The van der Waals surface area contributed by atoms with Gasteiger partial charge in [-0.05, 0) is 35.4 Å². The molecule has 0 saturated heterocycles. The van der Waals surface area contributed by atoms with Crippen molar-refractivity contribution in [3.05, 3.63) is 103 Å². The van der Waals surface area contributed by atoms with Crippen molar-refractivity contribution in [1.29, 1.82) is 0 Å². The summed E-state index contributed by atoms with van der Waals surface area (Å²) in [5.74, 6) is 0.491. The highest BCUT2D eigenvalue weighted by Gasteiger charge is 2.21. The largest absolute Gasteiger partial charge is 0.423 e. The molecule has 0 unspecified atom stereocenters. The third kappa shape index (κ3) is 3.40. The summed E-state index contributed by atoms with van der Waals surface area (Å²) in [6, 6.07) is 33.2. The fourth-order valence-electron chi connectivity index (χ4n) is 4.30. The van der Waals surface area contributed by atoms with E-state index in [1.165, 1.54) is 6.26 Å². The summed E-state index contributed by atoms with van der Waals surface area (Å²) in [6.45, 7) is 0. The number of hydrogen-bond donors (Lipinski definition) is 0. The molecule has 0 amide bonds. The third-order valence-corrected chi connectivity index (χ3v) is 7.10. The lowest BCUT2D eigenvalue weighted by atomic mass is 10.0. The van der Waals surface area contributed by atoms with Crippen LogP contribution >= 0.6 is 0 Å². The van der Waals surface area contributed by atoms with Crippen molar-refractivity contribution in [3.63, 3.8) is 0 Å². The molecule has 0 bridgehead atoms. The summed E-state index contributed by atoms with van der Waals surface area (Å²) in [7, 11) is -3.29. The van der Waals surface area contributed by atoms with Crippen molar-refractivity contribution in [1.82, 2.24) is 9.38 Å². The zero-order valence-electron chi connectivity index (χ0n) is 18.3. The van der Waals surface area contributed by atoms with Gasteiger partial charge in [-0.25, -0.2) is 8.42 Å². The van der Waals surface area contributed by atoms with Crippen LogP contribution in [0.3, 0.4) is 0 Å². The number of fused-ring (bicyclic) bond motifs is 3. The summed E-state index contributed by atoms with van der Waals surface area (Å²) in [5, 5.41) is 0. The van der Waals surface area contributed by atoms with E-state index in [1.54, 1.807) is 12.1 Å². The van der Waals surface area contributed by atoms with Gasteiger partial charge in [-0.15, -0.1) is 0 Å². The number of oxazole rings is 1. The van der Waals surface area contributed by atoms with Crippen molar-refractivity contribution in [3.8, 4) is 33.6 Å². The Labute approximate surface area is 196 Å². The van der Waals surface area contributed by atoms with Gasteiger partial charge in [-0.1, -0.05) is 78.9 Å². The highest BCUT2D eigenvalue weighted by molar-refractivity contribution is 7.90. The summed E-state index contributed by atoms with van der Waals surface area (Å²) in [6.07, 6.45) is 1.21. The van der Waals surface area contributed by atoms with Gasteiger partial charge < -0.3 is 4.42 Å². The minimum absolute atomic E-state index is 0.280. The molecule has 2 heterocycles. The number of para-hydroxylation sites is 2. The number of hydrogen-bond acceptors (Lipinski definition) is 4. The Morgan fingerprint density at radius 2 is 1.26 bits per heavy atom. The predicted molar refractivity (Wildman–Crippen MR) is 134 cm³/mol. The molecule has 6 rings (SSSR count). The zero-order chi connectivity index (χ0) is 23.3. The van der Waals surface area contributed by atoms with Gasteiger partial charge in [0.2, 0.25) is 0 Å². The normalized spacial score (nSPS) is 11.9. The van der Waals surface area contributed by atoms with E-state index in [2.05, 4.69) is 36.4 Å². The maximum atomic E-state index is 12.0. The van der Waals surface area contributed by atoms with E-state index in [1.807, 2.05) is 59.0 Å². The molecule has 5 nitrogen and oxygen atoms in total. The zero-order valence-corrected chi connectivity index (χ0v) is 19.2. The van der Waals surface area contributed by atoms with Crippen LogP contribution in [0.2, 0.25) is 0 Å². The SMILES string of the molecule is CS(=O)(=O)c1ccc(-c2c(-c3ccc(-c4ccccc4)cc3)nc3oc4ccccc4n23)cc1. The summed E-state index contributed by atoms with van der Waals surface area (Å²) in [5.41, 5.74) is 7.35. The maximum absolute atomic E-state index is 12.0. The highest BCUT2D eigenvalue weighted by atomic mass is 32.2. The first-order valence-electron chi connectivity index (χ1n) is 10.9. The van der Waals surface area contributed by atoms with Crippen LogP contribution in [0.1, 0.15) is 0 Å². The van der Waals surface area contributed by atoms with Gasteiger partial charge in [0.1, 0.15) is 5.69 Å². The molecular weight excluding hydrogens is 444 g/mol. The van der Waals surface area contributed by atoms with Gasteiger partial charge >= 0.3 is 5.84 Å². The van der Waals surface area contributed by atoms with E-state index in [0.29, 0.717) is 5.84 Å². The minimum atomic E-state index is -3.29. The van der Waals surface area contributed by atoms with E-state index < -0.39 is 9.84 Å².